The Hall–Kier alpha value is -3.88. The highest BCUT2D eigenvalue weighted by molar-refractivity contribution is 7.92. The third-order valence-corrected chi connectivity index (χ3v) is 8.28. The first kappa shape index (κ1) is 31.1. The Labute approximate surface area is 253 Å². The monoisotopic (exact) mass is 605 g/mol. The predicted octanol–water partition coefficient (Wildman–Crippen LogP) is 5.81. The first-order valence-electron chi connectivity index (χ1n) is 13.7. The molecule has 0 saturated carbocycles. The zero-order valence-corrected chi connectivity index (χ0v) is 25.8. The highest BCUT2D eigenvalue weighted by Gasteiger charge is 2.34. The van der Waals surface area contributed by atoms with Crippen molar-refractivity contribution in [2.24, 2.45) is 0 Å². The Morgan fingerprint density at radius 2 is 1.48 bits per heavy atom. The van der Waals surface area contributed by atoms with Gasteiger partial charge in [0.2, 0.25) is 21.8 Å². The van der Waals surface area contributed by atoms with Gasteiger partial charge in [-0.3, -0.25) is 13.9 Å². The molecule has 1 atom stereocenters. The molecule has 4 rings (SSSR count). The normalized spacial score (nSPS) is 12.5. The van der Waals surface area contributed by atoms with E-state index in [9.17, 15) is 18.0 Å². The van der Waals surface area contributed by atoms with Crippen LogP contribution in [-0.2, 0) is 32.6 Å². The molecule has 0 aromatic heterocycles. The quantitative estimate of drug-likeness (QED) is 0.247. The molecular formula is C33H36ClN3O4S. The largest absolute Gasteiger partial charge is 0.350 e. The highest BCUT2D eigenvalue weighted by atomic mass is 35.5. The molecule has 7 nitrogen and oxygen atoms in total. The number of nitrogens with zero attached hydrogens (tertiary/aromatic N) is 2. The van der Waals surface area contributed by atoms with Crippen LogP contribution < -0.4 is 9.62 Å². The van der Waals surface area contributed by atoms with Gasteiger partial charge in [-0.25, -0.2) is 8.42 Å². The molecule has 0 saturated heterocycles. The maximum absolute atomic E-state index is 14.3. The van der Waals surface area contributed by atoms with Crippen LogP contribution in [0.25, 0.3) is 10.8 Å². The number of anilines is 1. The Kier molecular flexibility index (Phi) is 9.59. The Bertz CT molecular complexity index is 1660. The van der Waals surface area contributed by atoms with Gasteiger partial charge in [0.25, 0.3) is 0 Å². The summed E-state index contributed by atoms with van der Waals surface area (Å²) < 4.78 is 27.5. The van der Waals surface area contributed by atoms with Crippen molar-refractivity contribution in [1.29, 1.82) is 0 Å². The van der Waals surface area contributed by atoms with Crippen LogP contribution in [-0.4, -0.2) is 49.5 Å². The molecule has 220 valence electrons. The number of hydrogen-bond acceptors (Lipinski definition) is 4. The van der Waals surface area contributed by atoms with Gasteiger partial charge in [0.15, 0.2) is 0 Å². The highest BCUT2D eigenvalue weighted by Crippen LogP contribution is 2.29. The number of rotatable bonds is 10. The van der Waals surface area contributed by atoms with Crippen molar-refractivity contribution < 1.29 is 18.0 Å². The van der Waals surface area contributed by atoms with E-state index in [2.05, 4.69) is 5.32 Å². The van der Waals surface area contributed by atoms with Crippen LogP contribution in [0.1, 0.15) is 31.9 Å². The second-order valence-corrected chi connectivity index (χ2v) is 13.6. The molecule has 0 heterocycles. The van der Waals surface area contributed by atoms with Crippen LogP contribution in [0.3, 0.4) is 0 Å². The van der Waals surface area contributed by atoms with Crippen LogP contribution in [0.4, 0.5) is 5.69 Å². The zero-order valence-electron chi connectivity index (χ0n) is 24.2. The summed E-state index contributed by atoms with van der Waals surface area (Å²) in [5, 5.41) is 5.00. The molecule has 0 bridgehead atoms. The van der Waals surface area contributed by atoms with Crippen molar-refractivity contribution in [3.8, 4) is 0 Å². The second kappa shape index (κ2) is 13.0. The van der Waals surface area contributed by atoms with Gasteiger partial charge in [-0.2, -0.15) is 0 Å². The molecule has 0 radical (unpaired) electrons. The van der Waals surface area contributed by atoms with Crippen molar-refractivity contribution >= 4 is 49.9 Å². The van der Waals surface area contributed by atoms with Gasteiger partial charge in [0.1, 0.15) is 12.6 Å². The second-order valence-electron chi connectivity index (χ2n) is 11.3. The lowest BCUT2D eigenvalue weighted by Gasteiger charge is -2.35. The number of benzene rings is 4. The standard InChI is InChI=1S/C33H36ClN3O4S/c1-33(2,3)35-32(39)30(21-24-13-6-5-7-14-24)36(22-26-16-9-11-19-28(26)34)31(38)23-37(42(4,40)41)29-20-12-17-25-15-8-10-18-27(25)29/h5-20,30H,21-23H2,1-4H3,(H,35,39)/t30-/m1/s1. The zero-order chi connectivity index (χ0) is 30.5. The molecule has 9 heteroatoms. The van der Waals surface area contributed by atoms with Gasteiger partial charge < -0.3 is 10.2 Å². The molecule has 2 amide bonds. The summed E-state index contributed by atoms with van der Waals surface area (Å²) in [7, 11) is -3.89. The number of hydrogen-bond donors (Lipinski definition) is 1. The van der Waals surface area contributed by atoms with Gasteiger partial charge >= 0.3 is 0 Å². The molecule has 0 unspecified atom stereocenters. The van der Waals surface area contributed by atoms with E-state index in [1.54, 1.807) is 30.3 Å². The lowest BCUT2D eigenvalue weighted by molar-refractivity contribution is -0.140. The van der Waals surface area contributed by atoms with E-state index in [4.69, 9.17) is 11.6 Å². The first-order valence-corrected chi connectivity index (χ1v) is 15.9. The number of carbonyl (C=O) groups excluding carboxylic acids is 2. The van der Waals surface area contributed by atoms with E-state index in [1.165, 1.54) is 4.90 Å². The van der Waals surface area contributed by atoms with Gasteiger partial charge in [-0.15, -0.1) is 0 Å². The van der Waals surface area contributed by atoms with Crippen molar-refractivity contribution in [2.75, 3.05) is 17.1 Å². The molecule has 4 aromatic carbocycles. The number of halogens is 1. The molecule has 1 N–H and O–H groups in total. The van der Waals surface area contributed by atoms with E-state index < -0.39 is 34.1 Å². The molecule has 42 heavy (non-hydrogen) atoms. The lowest BCUT2D eigenvalue weighted by atomic mass is 10.0. The smallest absolute Gasteiger partial charge is 0.244 e. The van der Waals surface area contributed by atoms with Gasteiger partial charge in [-0.05, 0) is 49.4 Å². The SMILES string of the molecule is CC(C)(C)NC(=O)[C@@H](Cc1ccccc1)N(Cc1ccccc1Cl)C(=O)CN(c1cccc2ccccc12)S(C)(=O)=O. The fourth-order valence-corrected chi connectivity index (χ4v) is 5.89. The molecule has 0 fully saturated rings. The van der Waals surface area contributed by atoms with Crippen molar-refractivity contribution in [3.63, 3.8) is 0 Å². The average Bonchev–Trinajstić information content (AvgIpc) is 2.93. The minimum absolute atomic E-state index is 0.0146. The molecule has 0 aliphatic rings. The van der Waals surface area contributed by atoms with E-state index in [1.807, 2.05) is 87.5 Å². The minimum atomic E-state index is -3.89. The third kappa shape index (κ3) is 7.89. The molecule has 0 spiro atoms. The maximum Gasteiger partial charge on any atom is 0.244 e. The van der Waals surface area contributed by atoms with E-state index in [0.29, 0.717) is 21.7 Å². The van der Waals surface area contributed by atoms with Crippen LogP contribution in [0.5, 0.6) is 0 Å². The fourth-order valence-electron chi connectivity index (χ4n) is 4.84. The van der Waals surface area contributed by atoms with Crippen molar-refractivity contribution in [1.82, 2.24) is 10.2 Å². The Balaban J connectivity index is 1.81. The lowest BCUT2D eigenvalue weighted by Crippen LogP contribution is -2.56. The minimum Gasteiger partial charge on any atom is -0.350 e. The third-order valence-electron chi connectivity index (χ3n) is 6.78. The van der Waals surface area contributed by atoms with Crippen LogP contribution in [0, 0.1) is 0 Å². The van der Waals surface area contributed by atoms with Crippen molar-refractivity contribution in [2.45, 2.75) is 45.3 Å². The number of fused-ring (bicyclic) bond motifs is 1. The summed E-state index contributed by atoms with van der Waals surface area (Å²) >= 11 is 6.52. The van der Waals surface area contributed by atoms with Crippen LogP contribution in [0.15, 0.2) is 97.1 Å². The van der Waals surface area contributed by atoms with E-state index in [0.717, 1.165) is 21.5 Å². The van der Waals surface area contributed by atoms with E-state index in [-0.39, 0.29) is 18.9 Å². The van der Waals surface area contributed by atoms with Crippen molar-refractivity contribution in [3.05, 3.63) is 113 Å². The fraction of sp³-hybridized carbons (Fsp3) is 0.273. The number of nitrogens with one attached hydrogen (secondary N) is 1. The molecule has 4 aromatic rings. The summed E-state index contributed by atoms with van der Waals surface area (Å²) in [6.45, 7) is 5.13. The van der Waals surface area contributed by atoms with Gasteiger partial charge in [0.05, 0.1) is 11.9 Å². The van der Waals surface area contributed by atoms with Gasteiger partial charge in [-0.1, -0.05) is 96.5 Å². The number of carbonyl (C=O) groups is 2. The van der Waals surface area contributed by atoms with E-state index >= 15 is 0 Å². The summed E-state index contributed by atoms with van der Waals surface area (Å²) in [6.07, 6.45) is 1.31. The van der Waals surface area contributed by atoms with Crippen LogP contribution in [0.2, 0.25) is 5.02 Å². The average molecular weight is 606 g/mol. The van der Waals surface area contributed by atoms with Gasteiger partial charge in [0, 0.05) is 28.9 Å². The van der Waals surface area contributed by atoms with Crippen LogP contribution >= 0.6 is 11.6 Å². The summed E-state index contributed by atoms with van der Waals surface area (Å²) in [5.74, 6) is -0.874. The number of sulfonamides is 1. The predicted molar refractivity (Wildman–Crippen MR) is 170 cm³/mol. The molecule has 0 aliphatic carbocycles. The summed E-state index contributed by atoms with van der Waals surface area (Å²) in [4.78, 5) is 29.6. The Morgan fingerprint density at radius 3 is 2.14 bits per heavy atom. The number of amides is 2. The Morgan fingerprint density at radius 1 is 0.857 bits per heavy atom. The molecular weight excluding hydrogens is 570 g/mol. The maximum atomic E-state index is 14.3. The first-order chi connectivity index (χ1) is 19.8. The summed E-state index contributed by atoms with van der Waals surface area (Å²) in [6, 6.07) is 28.3. The molecule has 0 aliphatic heterocycles. The summed E-state index contributed by atoms with van der Waals surface area (Å²) in [5.41, 5.74) is 1.33. The topological polar surface area (TPSA) is 86.8 Å².